The molecule has 0 saturated heterocycles. The Morgan fingerprint density at radius 1 is 1.43 bits per heavy atom. The summed E-state index contributed by atoms with van der Waals surface area (Å²) in [4.78, 5) is 19.1. The quantitative estimate of drug-likeness (QED) is 0.424. The van der Waals surface area contributed by atoms with Gasteiger partial charge in [0.25, 0.3) is 5.88 Å². The van der Waals surface area contributed by atoms with Crippen molar-refractivity contribution >= 4 is 11.5 Å². The predicted octanol–water partition coefficient (Wildman–Crippen LogP) is 2.28. The molecule has 0 atom stereocenters. The summed E-state index contributed by atoms with van der Waals surface area (Å²) in [5, 5.41) is 14.4. The van der Waals surface area contributed by atoms with Crippen molar-refractivity contribution in [3.05, 3.63) is 15.9 Å². The second-order valence-electron chi connectivity index (χ2n) is 4.95. The van der Waals surface area contributed by atoms with Gasteiger partial charge < -0.3 is 14.8 Å². The highest BCUT2D eigenvalue weighted by atomic mass is 16.6. The SMILES string of the molecule is CCCCOc1nc(COC)nc(NC2CC2)c1[N+](=O)[O-]. The second kappa shape index (κ2) is 7.16. The third-order valence-electron chi connectivity index (χ3n) is 3.01. The van der Waals surface area contributed by atoms with Crippen molar-refractivity contribution in [1.29, 1.82) is 0 Å². The smallest absolute Gasteiger partial charge is 0.372 e. The molecule has 0 radical (unpaired) electrons. The fourth-order valence-electron chi connectivity index (χ4n) is 1.77. The number of hydrogen-bond acceptors (Lipinski definition) is 7. The van der Waals surface area contributed by atoms with E-state index in [0.29, 0.717) is 12.4 Å². The van der Waals surface area contributed by atoms with Gasteiger partial charge in [0.05, 0.1) is 11.5 Å². The summed E-state index contributed by atoms with van der Waals surface area (Å²) in [5.74, 6) is 0.604. The van der Waals surface area contributed by atoms with Crippen molar-refractivity contribution in [3.8, 4) is 5.88 Å². The van der Waals surface area contributed by atoms with Crippen molar-refractivity contribution in [3.63, 3.8) is 0 Å². The summed E-state index contributed by atoms with van der Waals surface area (Å²) in [6.07, 6.45) is 3.74. The molecule has 21 heavy (non-hydrogen) atoms. The molecule has 1 fully saturated rings. The number of ether oxygens (including phenoxy) is 2. The van der Waals surface area contributed by atoms with E-state index in [1.807, 2.05) is 6.92 Å². The van der Waals surface area contributed by atoms with Crippen molar-refractivity contribution in [1.82, 2.24) is 9.97 Å². The molecule has 1 N–H and O–H groups in total. The van der Waals surface area contributed by atoms with Gasteiger partial charge in [-0.3, -0.25) is 10.1 Å². The van der Waals surface area contributed by atoms with Gasteiger partial charge in [-0.05, 0) is 19.3 Å². The third-order valence-corrected chi connectivity index (χ3v) is 3.01. The van der Waals surface area contributed by atoms with E-state index in [-0.39, 0.29) is 30.0 Å². The number of nitro groups is 1. The lowest BCUT2D eigenvalue weighted by Gasteiger charge is -2.11. The lowest BCUT2D eigenvalue weighted by Crippen LogP contribution is -2.12. The summed E-state index contributed by atoms with van der Waals surface area (Å²) in [6, 6.07) is 0.248. The van der Waals surface area contributed by atoms with Crippen LogP contribution in [0.5, 0.6) is 5.88 Å². The normalized spacial score (nSPS) is 14.0. The number of rotatable bonds is 9. The Hall–Kier alpha value is -1.96. The summed E-state index contributed by atoms with van der Waals surface area (Å²) in [6.45, 7) is 2.60. The first-order valence-corrected chi connectivity index (χ1v) is 7.09. The number of nitrogens with one attached hydrogen (secondary N) is 1. The highest BCUT2D eigenvalue weighted by Crippen LogP contribution is 2.35. The molecule has 0 spiro atoms. The van der Waals surface area contributed by atoms with Crippen LogP contribution in [0.4, 0.5) is 11.5 Å². The third kappa shape index (κ3) is 4.25. The van der Waals surface area contributed by atoms with Crippen LogP contribution in [0.3, 0.4) is 0 Å². The van der Waals surface area contributed by atoms with Gasteiger partial charge in [0, 0.05) is 13.2 Å². The van der Waals surface area contributed by atoms with E-state index < -0.39 is 4.92 Å². The van der Waals surface area contributed by atoms with E-state index in [2.05, 4.69) is 15.3 Å². The van der Waals surface area contributed by atoms with E-state index in [0.717, 1.165) is 25.7 Å². The molecule has 116 valence electrons. The highest BCUT2D eigenvalue weighted by Gasteiger charge is 2.31. The predicted molar refractivity (Wildman–Crippen MR) is 76.4 cm³/mol. The summed E-state index contributed by atoms with van der Waals surface area (Å²) in [7, 11) is 1.52. The van der Waals surface area contributed by atoms with E-state index in [1.165, 1.54) is 7.11 Å². The molecular formula is C13H20N4O4. The maximum atomic E-state index is 11.3. The van der Waals surface area contributed by atoms with Gasteiger partial charge in [-0.25, -0.2) is 4.98 Å². The van der Waals surface area contributed by atoms with Crippen LogP contribution in [-0.2, 0) is 11.3 Å². The van der Waals surface area contributed by atoms with E-state index in [4.69, 9.17) is 9.47 Å². The van der Waals surface area contributed by atoms with Gasteiger partial charge in [0.15, 0.2) is 5.82 Å². The van der Waals surface area contributed by atoms with Crippen LogP contribution in [0, 0.1) is 10.1 Å². The maximum absolute atomic E-state index is 11.3. The number of methoxy groups -OCH3 is 1. The average Bonchev–Trinajstić information content (AvgIpc) is 3.22. The van der Waals surface area contributed by atoms with Gasteiger partial charge >= 0.3 is 5.69 Å². The lowest BCUT2D eigenvalue weighted by molar-refractivity contribution is -0.385. The Kier molecular flexibility index (Phi) is 5.26. The number of aromatic nitrogens is 2. The van der Waals surface area contributed by atoms with Crippen LogP contribution in [0.1, 0.15) is 38.4 Å². The Labute approximate surface area is 123 Å². The minimum atomic E-state index is -0.497. The first-order valence-electron chi connectivity index (χ1n) is 7.09. The number of anilines is 1. The monoisotopic (exact) mass is 296 g/mol. The van der Waals surface area contributed by atoms with E-state index >= 15 is 0 Å². The molecule has 1 aliphatic carbocycles. The summed E-state index contributed by atoms with van der Waals surface area (Å²) >= 11 is 0. The molecule has 8 heteroatoms. The first kappa shape index (κ1) is 15.4. The van der Waals surface area contributed by atoms with Crippen LogP contribution >= 0.6 is 0 Å². The molecule has 8 nitrogen and oxygen atoms in total. The van der Waals surface area contributed by atoms with Crippen molar-refractivity contribution < 1.29 is 14.4 Å². The zero-order valence-corrected chi connectivity index (χ0v) is 12.3. The van der Waals surface area contributed by atoms with Crippen LogP contribution in [-0.4, -0.2) is 34.6 Å². The molecule has 1 aromatic rings. The Bertz CT molecular complexity index is 505. The van der Waals surface area contributed by atoms with Crippen molar-refractivity contribution in [2.45, 2.75) is 45.3 Å². The van der Waals surface area contributed by atoms with Gasteiger partial charge in [-0.2, -0.15) is 4.98 Å². The maximum Gasteiger partial charge on any atom is 0.372 e. The molecule has 1 heterocycles. The number of nitrogens with zero attached hydrogens (tertiary/aromatic N) is 3. The number of unbranched alkanes of at least 4 members (excludes halogenated alkanes) is 1. The largest absolute Gasteiger partial charge is 0.473 e. The zero-order chi connectivity index (χ0) is 15.2. The molecule has 0 bridgehead atoms. The zero-order valence-electron chi connectivity index (χ0n) is 12.3. The van der Waals surface area contributed by atoms with Gasteiger partial charge in [-0.1, -0.05) is 13.3 Å². The topological polar surface area (TPSA) is 99.4 Å². The van der Waals surface area contributed by atoms with Gasteiger partial charge in [0.2, 0.25) is 5.82 Å². The van der Waals surface area contributed by atoms with Crippen molar-refractivity contribution in [2.24, 2.45) is 0 Å². The molecule has 1 aliphatic rings. The minimum absolute atomic E-state index is 0.0126. The molecular weight excluding hydrogens is 276 g/mol. The second-order valence-corrected chi connectivity index (χ2v) is 4.95. The summed E-state index contributed by atoms with van der Waals surface area (Å²) < 4.78 is 10.5. The fourth-order valence-corrected chi connectivity index (χ4v) is 1.77. The minimum Gasteiger partial charge on any atom is -0.473 e. The molecule has 0 amide bonds. The molecule has 0 unspecified atom stereocenters. The van der Waals surface area contributed by atoms with E-state index in [9.17, 15) is 10.1 Å². The van der Waals surface area contributed by atoms with Crippen LogP contribution in [0.2, 0.25) is 0 Å². The van der Waals surface area contributed by atoms with Crippen LogP contribution < -0.4 is 10.1 Å². The Morgan fingerprint density at radius 2 is 2.19 bits per heavy atom. The highest BCUT2D eigenvalue weighted by molar-refractivity contribution is 5.62. The van der Waals surface area contributed by atoms with Gasteiger partial charge in [0.1, 0.15) is 6.61 Å². The van der Waals surface area contributed by atoms with E-state index in [1.54, 1.807) is 0 Å². The molecule has 0 aliphatic heterocycles. The fraction of sp³-hybridized carbons (Fsp3) is 0.692. The Balaban J connectivity index is 2.31. The van der Waals surface area contributed by atoms with Crippen LogP contribution in [0.25, 0.3) is 0 Å². The van der Waals surface area contributed by atoms with Gasteiger partial charge in [-0.15, -0.1) is 0 Å². The molecule has 1 saturated carbocycles. The molecule has 2 rings (SSSR count). The average molecular weight is 296 g/mol. The molecule has 1 aromatic heterocycles. The first-order chi connectivity index (χ1) is 10.2. The lowest BCUT2D eigenvalue weighted by atomic mass is 10.3. The number of hydrogen-bond donors (Lipinski definition) is 1. The van der Waals surface area contributed by atoms with Crippen molar-refractivity contribution in [2.75, 3.05) is 19.0 Å². The standard InChI is InChI=1S/C13H20N4O4/c1-3-4-7-21-13-11(17(18)19)12(14-9-5-6-9)15-10(16-13)8-20-2/h9H,3-8H2,1-2H3,(H,14,15,16). The van der Waals surface area contributed by atoms with Crippen LogP contribution in [0.15, 0.2) is 0 Å². The summed E-state index contributed by atoms with van der Waals surface area (Å²) in [5.41, 5.74) is -0.196. The molecule has 0 aromatic carbocycles. The Morgan fingerprint density at radius 3 is 2.76 bits per heavy atom.